The van der Waals surface area contributed by atoms with Crippen LogP contribution in [0, 0.1) is 0 Å². The van der Waals surface area contributed by atoms with Crippen molar-refractivity contribution in [3.63, 3.8) is 0 Å². The van der Waals surface area contributed by atoms with Gasteiger partial charge in [-0.3, -0.25) is 0 Å². The summed E-state index contributed by atoms with van der Waals surface area (Å²) >= 11 is 0. The molecule has 4 N–H and O–H groups in total. The van der Waals surface area contributed by atoms with Gasteiger partial charge in [0, 0.05) is 12.6 Å². The van der Waals surface area contributed by atoms with E-state index in [0.29, 0.717) is 12.2 Å². The fourth-order valence-electron chi connectivity index (χ4n) is 1.62. The van der Waals surface area contributed by atoms with Gasteiger partial charge in [-0.15, -0.1) is 0 Å². The van der Waals surface area contributed by atoms with Gasteiger partial charge in [-0.25, -0.2) is 0 Å². The second-order valence-corrected chi connectivity index (χ2v) is 3.32. The summed E-state index contributed by atoms with van der Waals surface area (Å²) in [5, 5.41) is 18.4. The van der Waals surface area contributed by atoms with Crippen LogP contribution in [0.15, 0.2) is 18.2 Å². The molecule has 0 spiro atoms. The Bertz CT molecular complexity index is 299. The minimum atomic E-state index is -0.193. The van der Waals surface area contributed by atoms with Gasteiger partial charge in [0.15, 0.2) is 0 Å². The lowest BCUT2D eigenvalue weighted by atomic mass is 9.96. The summed E-state index contributed by atoms with van der Waals surface area (Å²) in [6.07, 6.45) is 1.28. The maximum atomic E-state index is 9.59. The number of aliphatic hydroxyl groups is 1. The van der Waals surface area contributed by atoms with Crippen LogP contribution in [0.2, 0.25) is 0 Å². The minimum Gasteiger partial charge on any atom is -0.508 e. The molecule has 1 aromatic carbocycles. The number of rotatable bonds is 4. The van der Waals surface area contributed by atoms with Crippen molar-refractivity contribution in [3.8, 4) is 5.75 Å². The maximum Gasteiger partial charge on any atom is 0.119 e. The van der Waals surface area contributed by atoms with Gasteiger partial charge in [-0.2, -0.15) is 0 Å². The van der Waals surface area contributed by atoms with Crippen molar-refractivity contribution in [1.82, 2.24) is 0 Å². The molecule has 0 saturated carbocycles. The Morgan fingerprint density at radius 2 is 2.14 bits per heavy atom. The van der Waals surface area contributed by atoms with Gasteiger partial charge >= 0.3 is 0 Å². The normalized spacial score (nSPS) is 12.8. The first-order chi connectivity index (χ1) is 6.70. The van der Waals surface area contributed by atoms with Crippen LogP contribution in [0.3, 0.4) is 0 Å². The molecule has 0 heterocycles. The Morgan fingerprint density at radius 1 is 1.43 bits per heavy atom. The topological polar surface area (TPSA) is 66.5 Å². The molecule has 0 aliphatic carbocycles. The number of hydrogen-bond donors (Lipinski definition) is 3. The van der Waals surface area contributed by atoms with E-state index in [4.69, 9.17) is 10.8 Å². The van der Waals surface area contributed by atoms with Gasteiger partial charge in [-0.05, 0) is 30.0 Å². The summed E-state index contributed by atoms with van der Waals surface area (Å²) in [5.41, 5.74) is 7.69. The number of nitrogens with two attached hydrogens (primary N) is 1. The van der Waals surface area contributed by atoms with E-state index in [2.05, 4.69) is 0 Å². The summed E-state index contributed by atoms with van der Waals surface area (Å²) < 4.78 is 0. The summed E-state index contributed by atoms with van der Waals surface area (Å²) in [7, 11) is 0. The Morgan fingerprint density at radius 3 is 2.71 bits per heavy atom. The molecule has 0 aromatic heterocycles. The SMILES string of the molecule is CCc1c(O)cccc1C(N)CCO. The number of phenolic OH excluding ortho intramolecular Hbond substituents is 1. The maximum absolute atomic E-state index is 9.59. The lowest BCUT2D eigenvalue weighted by molar-refractivity contribution is 0.276. The minimum absolute atomic E-state index is 0.0694. The highest BCUT2D eigenvalue weighted by Gasteiger charge is 2.11. The second kappa shape index (κ2) is 4.98. The monoisotopic (exact) mass is 195 g/mol. The third kappa shape index (κ3) is 2.25. The van der Waals surface area contributed by atoms with E-state index in [1.165, 1.54) is 0 Å². The van der Waals surface area contributed by atoms with Crippen molar-refractivity contribution >= 4 is 0 Å². The summed E-state index contributed by atoms with van der Waals surface area (Å²) in [4.78, 5) is 0. The van der Waals surface area contributed by atoms with E-state index in [0.717, 1.165) is 17.5 Å². The highest BCUT2D eigenvalue weighted by atomic mass is 16.3. The zero-order chi connectivity index (χ0) is 10.6. The molecule has 0 fully saturated rings. The average Bonchev–Trinajstić information content (AvgIpc) is 2.17. The van der Waals surface area contributed by atoms with Crippen molar-refractivity contribution in [2.24, 2.45) is 5.73 Å². The van der Waals surface area contributed by atoms with Gasteiger partial charge in [0.1, 0.15) is 5.75 Å². The van der Waals surface area contributed by atoms with Crippen molar-refractivity contribution in [3.05, 3.63) is 29.3 Å². The average molecular weight is 195 g/mol. The van der Waals surface area contributed by atoms with E-state index >= 15 is 0 Å². The second-order valence-electron chi connectivity index (χ2n) is 3.32. The molecule has 1 atom stereocenters. The summed E-state index contributed by atoms with van der Waals surface area (Å²) in [6.45, 7) is 2.05. The molecule has 1 rings (SSSR count). The molecule has 0 aliphatic rings. The molecule has 0 aliphatic heterocycles. The quantitative estimate of drug-likeness (QED) is 0.679. The van der Waals surface area contributed by atoms with Gasteiger partial charge < -0.3 is 15.9 Å². The Balaban J connectivity index is 3.00. The third-order valence-electron chi connectivity index (χ3n) is 2.38. The predicted octanol–water partition coefficient (Wildman–Crippen LogP) is 1.34. The van der Waals surface area contributed by atoms with Crippen molar-refractivity contribution < 1.29 is 10.2 Å². The Labute approximate surface area is 84.2 Å². The van der Waals surface area contributed by atoms with E-state index in [9.17, 15) is 5.11 Å². The van der Waals surface area contributed by atoms with Gasteiger partial charge in [-0.1, -0.05) is 19.1 Å². The van der Waals surface area contributed by atoms with E-state index < -0.39 is 0 Å². The molecule has 1 aromatic rings. The standard InChI is InChI=1S/C11H17NO2/c1-2-8-9(10(12)6-7-13)4-3-5-11(8)14/h3-5,10,13-14H,2,6-7,12H2,1H3. The zero-order valence-corrected chi connectivity index (χ0v) is 8.40. The first-order valence-corrected chi connectivity index (χ1v) is 4.87. The van der Waals surface area contributed by atoms with Crippen molar-refractivity contribution in [2.75, 3.05) is 6.61 Å². The molecular formula is C11H17NO2. The van der Waals surface area contributed by atoms with Gasteiger partial charge in [0.25, 0.3) is 0 Å². The van der Waals surface area contributed by atoms with E-state index in [-0.39, 0.29) is 12.6 Å². The van der Waals surface area contributed by atoms with Crippen molar-refractivity contribution in [1.29, 1.82) is 0 Å². The van der Waals surface area contributed by atoms with Crippen LogP contribution in [-0.2, 0) is 6.42 Å². The molecule has 0 radical (unpaired) electrons. The number of phenols is 1. The third-order valence-corrected chi connectivity index (χ3v) is 2.38. The number of benzene rings is 1. The summed E-state index contributed by atoms with van der Waals surface area (Å²) in [6, 6.07) is 5.15. The molecule has 1 unspecified atom stereocenters. The summed E-state index contributed by atoms with van der Waals surface area (Å²) in [5.74, 6) is 0.290. The van der Waals surface area contributed by atoms with Gasteiger partial charge in [0.05, 0.1) is 0 Å². The van der Waals surface area contributed by atoms with Gasteiger partial charge in [0.2, 0.25) is 0 Å². The molecule has 0 saturated heterocycles. The number of aromatic hydroxyl groups is 1. The van der Waals surface area contributed by atoms with E-state index in [1.807, 2.05) is 13.0 Å². The Hall–Kier alpha value is -1.06. The lowest BCUT2D eigenvalue weighted by Gasteiger charge is -2.15. The smallest absolute Gasteiger partial charge is 0.119 e. The molecule has 0 amide bonds. The Kier molecular flexibility index (Phi) is 3.92. The van der Waals surface area contributed by atoms with E-state index in [1.54, 1.807) is 12.1 Å². The molecule has 3 nitrogen and oxygen atoms in total. The molecule has 0 bridgehead atoms. The first-order valence-electron chi connectivity index (χ1n) is 4.87. The zero-order valence-electron chi connectivity index (χ0n) is 8.40. The van der Waals surface area contributed by atoms with Crippen LogP contribution < -0.4 is 5.73 Å². The molecule has 78 valence electrons. The molecule has 3 heteroatoms. The number of hydrogen-bond acceptors (Lipinski definition) is 3. The first kappa shape index (κ1) is 11.0. The number of aliphatic hydroxyl groups excluding tert-OH is 1. The van der Waals surface area contributed by atoms with Crippen LogP contribution in [0.4, 0.5) is 0 Å². The highest BCUT2D eigenvalue weighted by molar-refractivity contribution is 5.40. The van der Waals surface area contributed by atoms with Crippen LogP contribution in [-0.4, -0.2) is 16.8 Å². The highest BCUT2D eigenvalue weighted by Crippen LogP contribution is 2.26. The predicted molar refractivity (Wildman–Crippen MR) is 56.1 cm³/mol. The lowest BCUT2D eigenvalue weighted by Crippen LogP contribution is -2.14. The van der Waals surface area contributed by atoms with Crippen LogP contribution in [0.1, 0.15) is 30.5 Å². The van der Waals surface area contributed by atoms with Crippen LogP contribution in [0.25, 0.3) is 0 Å². The van der Waals surface area contributed by atoms with Crippen LogP contribution in [0.5, 0.6) is 5.75 Å². The van der Waals surface area contributed by atoms with Crippen LogP contribution >= 0.6 is 0 Å². The fourth-order valence-corrected chi connectivity index (χ4v) is 1.62. The largest absolute Gasteiger partial charge is 0.508 e. The molecular weight excluding hydrogens is 178 g/mol. The fraction of sp³-hybridized carbons (Fsp3) is 0.455. The van der Waals surface area contributed by atoms with Crippen molar-refractivity contribution in [2.45, 2.75) is 25.8 Å². The molecule has 14 heavy (non-hydrogen) atoms.